The van der Waals surface area contributed by atoms with Crippen LogP contribution in [0.15, 0.2) is 12.1 Å². The average molecular weight is 207 g/mol. The molecule has 78 valence electrons. The zero-order chi connectivity index (χ0) is 11.2. The summed E-state index contributed by atoms with van der Waals surface area (Å²) in [4.78, 5) is 13.8. The van der Waals surface area contributed by atoms with Crippen molar-refractivity contribution in [3.05, 3.63) is 34.8 Å². The van der Waals surface area contributed by atoms with Gasteiger partial charge in [0.15, 0.2) is 0 Å². The van der Waals surface area contributed by atoms with Crippen LogP contribution < -0.4 is 0 Å². The molecule has 0 aliphatic rings. The molecule has 0 spiro atoms. The van der Waals surface area contributed by atoms with Crippen molar-refractivity contribution in [2.24, 2.45) is 0 Å². The number of carbonyl (C=O) groups is 1. The zero-order valence-corrected chi connectivity index (χ0v) is 8.39. The summed E-state index contributed by atoms with van der Waals surface area (Å²) in [7, 11) is 0. The van der Waals surface area contributed by atoms with Gasteiger partial charge in [0.25, 0.3) is 0 Å². The van der Waals surface area contributed by atoms with Crippen LogP contribution >= 0.6 is 0 Å². The molecule has 15 heavy (non-hydrogen) atoms. The molecule has 0 saturated carbocycles. The fourth-order valence-electron chi connectivity index (χ4n) is 1.83. The van der Waals surface area contributed by atoms with E-state index in [4.69, 9.17) is 5.11 Å². The second-order valence-electron chi connectivity index (χ2n) is 3.54. The Kier molecular flexibility index (Phi) is 2.00. The Hall–Kier alpha value is -1.84. The molecule has 2 aromatic rings. The number of carboxylic acids is 1. The number of aromatic amines is 1. The summed E-state index contributed by atoms with van der Waals surface area (Å²) in [5, 5.41) is 9.48. The second kappa shape index (κ2) is 3.08. The number of carboxylic acid groups (broad SMARTS) is 1. The van der Waals surface area contributed by atoms with E-state index in [1.807, 2.05) is 0 Å². The van der Waals surface area contributed by atoms with Crippen molar-refractivity contribution < 1.29 is 14.3 Å². The van der Waals surface area contributed by atoms with E-state index in [-0.39, 0.29) is 11.1 Å². The van der Waals surface area contributed by atoms with Crippen molar-refractivity contribution in [1.29, 1.82) is 0 Å². The highest BCUT2D eigenvalue weighted by Gasteiger charge is 2.18. The summed E-state index contributed by atoms with van der Waals surface area (Å²) in [5.41, 5.74) is 1.66. The van der Waals surface area contributed by atoms with E-state index in [0.717, 1.165) is 5.56 Å². The van der Waals surface area contributed by atoms with Gasteiger partial charge in [-0.25, -0.2) is 9.18 Å². The van der Waals surface area contributed by atoms with Crippen molar-refractivity contribution in [2.45, 2.75) is 13.8 Å². The molecule has 2 rings (SSSR count). The average Bonchev–Trinajstić information content (AvgIpc) is 2.50. The molecule has 0 unspecified atom stereocenters. The molecule has 0 aliphatic carbocycles. The van der Waals surface area contributed by atoms with Gasteiger partial charge in [0.05, 0.1) is 11.1 Å². The minimum Gasteiger partial charge on any atom is -0.478 e. The summed E-state index contributed by atoms with van der Waals surface area (Å²) >= 11 is 0. The molecular weight excluding hydrogens is 197 g/mol. The number of nitrogens with one attached hydrogen (secondary N) is 1. The monoisotopic (exact) mass is 207 g/mol. The maximum Gasteiger partial charge on any atom is 0.338 e. The lowest BCUT2D eigenvalue weighted by atomic mass is 10.1. The third kappa shape index (κ3) is 1.29. The molecule has 4 heteroatoms. The molecule has 3 nitrogen and oxygen atoms in total. The molecule has 0 aliphatic heterocycles. The normalized spacial score (nSPS) is 10.9. The maximum atomic E-state index is 13.4. The Morgan fingerprint density at radius 2 is 2.07 bits per heavy atom. The van der Waals surface area contributed by atoms with Gasteiger partial charge < -0.3 is 10.1 Å². The highest BCUT2D eigenvalue weighted by molar-refractivity contribution is 6.06. The van der Waals surface area contributed by atoms with Gasteiger partial charge in [-0.15, -0.1) is 0 Å². The van der Waals surface area contributed by atoms with E-state index >= 15 is 0 Å². The van der Waals surface area contributed by atoms with E-state index in [1.54, 1.807) is 19.9 Å². The van der Waals surface area contributed by atoms with Gasteiger partial charge in [-0.2, -0.15) is 0 Å². The Labute approximate surface area is 85.5 Å². The van der Waals surface area contributed by atoms with E-state index in [1.165, 1.54) is 6.07 Å². The summed E-state index contributed by atoms with van der Waals surface area (Å²) in [6.07, 6.45) is 0. The highest BCUT2D eigenvalue weighted by atomic mass is 19.1. The summed E-state index contributed by atoms with van der Waals surface area (Å²) in [6, 6.07) is 2.91. The molecule has 1 aromatic carbocycles. The molecule has 2 N–H and O–H groups in total. The number of benzene rings is 1. The molecular formula is C11H10FNO2. The molecule has 0 fully saturated rings. The molecule has 0 saturated heterocycles. The fraction of sp³-hybridized carbons (Fsp3) is 0.182. The van der Waals surface area contributed by atoms with Crippen LogP contribution in [0.5, 0.6) is 0 Å². The lowest BCUT2D eigenvalue weighted by Crippen LogP contribution is -1.98. The third-order valence-corrected chi connectivity index (χ3v) is 2.51. The number of fused-ring (bicyclic) bond motifs is 1. The minimum atomic E-state index is -1.03. The first kappa shape index (κ1) is 9.71. The molecule has 0 amide bonds. The number of H-pyrrole nitrogens is 1. The lowest BCUT2D eigenvalue weighted by Gasteiger charge is -1.98. The summed E-state index contributed by atoms with van der Waals surface area (Å²) in [5.74, 6) is -1.46. The number of aromatic nitrogens is 1. The standard InChI is InChI=1S/C11H10FNO2/c1-5-3-4-7(12)10-8(5)9(11(14)15)6(2)13-10/h3-4,13H,1-2H3,(H,14,15). The molecule has 1 aromatic heterocycles. The van der Waals surface area contributed by atoms with Crippen molar-refractivity contribution in [3.63, 3.8) is 0 Å². The van der Waals surface area contributed by atoms with Crippen LogP contribution in [0.25, 0.3) is 10.9 Å². The van der Waals surface area contributed by atoms with Gasteiger partial charge in [-0.05, 0) is 25.5 Å². The fourth-order valence-corrected chi connectivity index (χ4v) is 1.83. The predicted octanol–water partition coefficient (Wildman–Crippen LogP) is 2.62. The van der Waals surface area contributed by atoms with Crippen molar-refractivity contribution in [3.8, 4) is 0 Å². The van der Waals surface area contributed by atoms with Crippen molar-refractivity contribution >= 4 is 16.9 Å². The first-order valence-electron chi connectivity index (χ1n) is 4.53. The Morgan fingerprint density at radius 1 is 1.40 bits per heavy atom. The number of hydrogen-bond donors (Lipinski definition) is 2. The van der Waals surface area contributed by atoms with Crippen LogP contribution in [0.2, 0.25) is 0 Å². The van der Waals surface area contributed by atoms with E-state index < -0.39 is 11.8 Å². The van der Waals surface area contributed by atoms with Gasteiger partial charge in [-0.3, -0.25) is 0 Å². The first-order chi connectivity index (χ1) is 7.02. The van der Waals surface area contributed by atoms with Crippen LogP contribution in [0.1, 0.15) is 21.6 Å². The Bertz CT molecular complexity index is 557. The molecule has 0 bridgehead atoms. The van der Waals surface area contributed by atoms with E-state index in [2.05, 4.69) is 4.98 Å². The number of aromatic carboxylic acids is 1. The number of rotatable bonds is 1. The first-order valence-corrected chi connectivity index (χ1v) is 4.53. The van der Waals surface area contributed by atoms with Gasteiger partial charge in [0.2, 0.25) is 0 Å². The van der Waals surface area contributed by atoms with Crippen LogP contribution in [0.3, 0.4) is 0 Å². The van der Waals surface area contributed by atoms with Crippen LogP contribution in [-0.4, -0.2) is 16.1 Å². The minimum absolute atomic E-state index is 0.155. The van der Waals surface area contributed by atoms with Gasteiger partial charge in [0.1, 0.15) is 5.82 Å². The molecule has 1 heterocycles. The topological polar surface area (TPSA) is 53.1 Å². The molecule has 0 atom stereocenters. The largest absolute Gasteiger partial charge is 0.478 e. The second-order valence-corrected chi connectivity index (χ2v) is 3.54. The maximum absolute atomic E-state index is 13.4. The van der Waals surface area contributed by atoms with Crippen LogP contribution in [0.4, 0.5) is 4.39 Å². The van der Waals surface area contributed by atoms with Crippen LogP contribution in [0, 0.1) is 19.7 Å². The van der Waals surface area contributed by atoms with Gasteiger partial charge in [0, 0.05) is 11.1 Å². The highest BCUT2D eigenvalue weighted by Crippen LogP contribution is 2.27. The number of halogens is 1. The van der Waals surface area contributed by atoms with E-state index in [9.17, 15) is 9.18 Å². The van der Waals surface area contributed by atoms with Crippen LogP contribution in [-0.2, 0) is 0 Å². The van der Waals surface area contributed by atoms with Gasteiger partial charge in [-0.1, -0.05) is 6.07 Å². The van der Waals surface area contributed by atoms with Crippen molar-refractivity contribution in [2.75, 3.05) is 0 Å². The lowest BCUT2D eigenvalue weighted by molar-refractivity contribution is 0.0698. The summed E-state index contributed by atoms with van der Waals surface area (Å²) < 4.78 is 13.4. The predicted molar refractivity (Wildman–Crippen MR) is 54.7 cm³/mol. The Balaban J connectivity index is 2.98. The number of aryl methyl sites for hydroxylation is 2. The summed E-state index contributed by atoms with van der Waals surface area (Å²) in [6.45, 7) is 3.39. The third-order valence-electron chi connectivity index (χ3n) is 2.51. The molecule has 0 radical (unpaired) electrons. The van der Waals surface area contributed by atoms with Crippen molar-refractivity contribution in [1.82, 2.24) is 4.98 Å². The quantitative estimate of drug-likeness (QED) is 0.755. The Morgan fingerprint density at radius 3 is 2.67 bits per heavy atom. The van der Waals surface area contributed by atoms with E-state index in [0.29, 0.717) is 11.1 Å². The van der Waals surface area contributed by atoms with Gasteiger partial charge >= 0.3 is 5.97 Å². The zero-order valence-electron chi connectivity index (χ0n) is 8.39. The number of hydrogen-bond acceptors (Lipinski definition) is 1. The smallest absolute Gasteiger partial charge is 0.338 e. The SMILES string of the molecule is Cc1[nH]c2c(F)ccc(C)c2c1C(=O)O.